The van der Waals surface area contributed by atoms with Crippen molar-refractivity contribution in [1.82, 2.24) is 10.2 Å². The van der Waals surface area contributed by atoms with E-state index >= 15 is 0 Å². The molecule has 5 nitrogen and oxygen atoms in total. The molecule has 27 heavy (non-hydrogen) atoms. The molecule has 1 N–H and O–H groups in total. The van der Waals surface area contributed by atoms with Crippen LogP contribution in [0.25, 0.3) is 0 Å². The summed E-state index contributed by atoms with van der Waals surface area (Å²) in [4.78, 5) is 26.8. The summed E-state index contributed by atoms with van der Waals surface area (Å²) in [6, 6.07) is 6.59. The second kappa shape index (κ2) is 8.32. The van der Waals surface area contributed by atoms with E-state index in [1.165, 1.54) is 5.56 Å². The minimum atomic E-state index is -0.525. The molecule has 0 radical (unpaired) electrons. The van der Waals surface area contributed by atoms with Crippen LogP contribution in [-0.4, -0.2) is 41.9 Å². The Balaban J connectivity index is 1.53. The lowest BCUT2D eigenvalue weighted by molar-refractivity contribution is -0.141. The molecule has 1 saturated carbocycles. The average Bonchev–Trinajstić information content (AvgIpc) is 3.46. The average molecular weight is 373 g/mol. The van der Waals surface area contributed by atoms with Crippen molar-refractivity contribution < 1.29 is 14.3 Å². The summed E-state index contributed by atoms with van der Waals surface area (Å²) in [6.07, 6.45) is 3.16. The van der Waals surface area contributed by atoms with E-state index in [1.54, 1.807) is 0 Å². The molecule has 1 aliphatic carbocycles. The van der Waals surface area contributed by atoms with Crippen LogP contribution in [0, 0.1) is 12.8 Å². The molecule has 148 valence electrons. The fraction of sp³-hybridized carbons (Fsp3) is 0.636. The quantitative estimate of drug-likeness (QED) is 0.833. The minimum Gasteiger partial charge on any atom is -0.481 e. The van der Waals surface area contributed by atoms with Crippen molar-refractivity contribution in [1.29, 1.82) is 0 Å². The zero-order chi connectivity index (χ0) is 19.6. The molecule has 0 spiro atoms. The van der Waals surface area contributed by atoms with E-state index in [9.17, 15) is 9.59 Å². The lowest BCUT2D eigenvalue weighted by Crippen LogP contribution is -2.47. The van der Waals surface area contributed by atoms with E-state index in [4.69, 9.17) is 4.74 Å². The van der Waals surface area contributed by atoms with Crippen molar-refractivity contribution in [3.63, 3.8) is 0 Å². The third-order valence-corrected chi connectivity index (χ3v) is 5.63. The number of amides is 2. The summed E-state index contributed by atoms with van der Waals surface area (Å²) in [5.41, 5.74) is 2.24. The number of nitrogens with one attached hydrogen (secondary N) is 1. The third kappa shape index (κ3) is 5.02. The van der Waals surface area contributed by atoms with Gasteiger partial charge < -0.3 is 15.0 Å². The third-order valence-electron chi connectivity index (χ3n) is 5.63. The topological polar surface area (TPSA) is 58.6 Å². The first-order chi connectivity index (χ1) is 12.8. The molecule has 1 aliphatic heterocycles. The molecule has 1 aromatic rings. The number of hydrogen-bond donors (Lipinski definition) is 1. The second-order valence-electron chi connectivity index (χ2n) is 8.32. The van der Waals surface area contributed by atoms with Gasteiger partial charge in [-0.2, -0.15) is 0 Å². The number of ether oxygens (including phenoxy) is 1. The first-order valence-corrected chi connectivity index (χ1v) is 10.2. The van der Waals surface area contributed by atoms with Crippen molar-refractivity contribution in [3.8, 4) is 5.75 Å². The van der Waals surface area contributed by atoms with E-state index < -0.39 is 6.10 Å². The Kier molecular flexibility index (Phi) is 6.08. The molecular formula is C22H32N2O3. The SMILES string of the molecule is Cc1ccc(C(C)C)cc1OC(C)C(=O)N1CCC(C(=O)NC2CC2)CC1. The lowest BCUT2D eigenvalue weighted by atomic mass is 9.95. The van der Waals surface area contributed by atoms with Crippen LogP contribution in [0.15, 0.2) is 18.2 Å². The second-order valence-corrected chi connectivity index (χ2v) is 8.32. The van der Waals surface area contributed by atoms with Crippen LogP contribution in [0.2, 0.25) is 0 Å². The maximum absolute atomic E-state index is 12.8. The van der Waals surface area contributed by atoms with Crippen molar-refractivity contribution in [2.45, 2.75) is 71.4 Å². The summed E-state index contributed by atoms with van der Waals surface area (Å²) in [7, 11) is 0. The molecule has 1 atom stereocenters. The van der Waals surface area contributed by atoms with Gasteiger partial charge in [0.05, 0.1) is 0 Å². The lowest BCUT2D eigenvalue weighted by Gasteiger charge is -2.33. The molecule has 3 rings (SSSR count). The van der Waals surface area contributed by atoms with Gasteiger partial charge in [-0.1, -0.05) is 26.0 Å². The molecule has 2 amide bonds. The van der Waals surface area contributed by atoms with E-state index in [2.05, 4.69) is 25.2 Å². The summed E-state index contributed by atoms with van der Waals surface area (Å²) in [6.45, 7) is 9.36. The van der Waals surface area contributed by atoms with Crippen molar-refractivity contribution in [2.24, 2.45) is 5.92 Å². The van der Waals surface area contributed by atoms with Crippen molar-refractivity contribution in [2.75, 3.05) is 13.1 Å². The molecule has 5 heteroatoms. The Morgan fingerprint density at radius 1 is 1.11 bits per heavy atom. The van der Waals surface area contributed by atoms with Gasteiger partial charge in [0.15, 0.2) is 6.10 Å². The van der Waals surface area contributed by atoms with E-state index in [1.807, 2.05) is 30.9 Å². The maximum Gasteiger partial charge on any atom is 0.263 e. The Hall–Kier alpha value is -2.04. The molecule has 1 aromatic carbocycles. The summed E-state index contributed by atoms with van der Waals surface area (Å²) in [5.74, 6) is 1.40. The maximum atomic E-state index is 12.8. The van der Waals surface area contributed by atoms with Crippen LogP contribution in [0.1, 0.15) is 63.5 Å². The molecule has 2 fully saturated rings. The molecule has 0 aromatic heterocycles. The highest BCUT2D eigenvalue weighted by molar-refractivity contribution is 5.82. The normalized spacial score (nSPS) is 19.1. The van der Waals surface area contributed by atoms with Crippen molar-refractivity contribution >= 4 is 11.8 Å². The molecule has 1 unspecified atom stereocenters. The van der Waals surface area contributed by atoms with Crippen molar-refractivity contribution in [3.05, 3.63) is 29.3 Å². The summed E-state index contributed by atoms with van der Waals surface area (Å²) < 4.78 is 6.02. The summed E-state index contributed by atoms with van der Waals surface area (Å²) in [5, 5.41) is 3.08. The van der Waals surface area contributed by atoms with Gasteiger partial charge >= 0.3 is 0 Å². The van der Waals surface area contributed by atoms with Crippen LogP contribution in [-0.2, 0) is 9.59 Å². The number of nitrogens with zero attached hydrogens (tertiary/aromatic N) is 1. The van der Waals surface area contributed by atoms with Crippen LogP contribution < -0.4 is 10.1 Å². The Morgan fingerprint density at radius 2 is 1.78 bits per heavy atom. The zero-order valence-corrected chi connectivity index (χ0v) is 17.0. The predicted molar refractivity (Wildman–Crippen MR) is 106 cm³/mol. The highest BCUT2D eigenvalue weighted by atomic mass is 16.5. The largest absolute Gasteiger partial charge is 0.481 e. The number of hydrogen-bond acceptors (Lipinski definition) is 3. The Morgan fingerprint density at radius 3 is 2.37 bits per heavy atom. The molecule has 1 saturated heterocycles. The van der Waals surface area contributed by atoms with Gasteiger partial charge in [-0.3, -0.25) is 9.59 Å². The van der Waals surface area contributed by atoms with Gasteiger partial charge in [0.2, 0.25) is 5.91 Å². The fourth-order valence-electron chi connectivity index (χ4n) is 3.51. The number of aryl methyl sites for hydroxylation is 1. The first kappa shape index (κ1) is 19.7. The highest BCUT2D eigenvalue weighted by Gasteiger charge is 2.32. The Bertz CT molecular complexity index is 689. The van der Waals surface area contributed by atoms with Crippen LogP contribution in [0.3, 0.4) is 0 Å². The number of carbonyl (C=O) groups is 2. The van der Waals surface area contributed by atoms with Crippen LogP contribution >= 0.6 is 0 Å². The first-order valence-electron chi connectivity index (χ1n) is 10.2. The van der Waals surface area contributed by atoms with Gasteiger partial charge in [0, 0.05) is 25.0 Å². The standard InChI is InChI=1S/C22H32N2O3/c1-14(2)18-6-5-15(3)20(13-18)27-16(4)22(26)24-11-9-17(10-12-24)21(25)23-19-7-8-19/h5-6,13-14,16-17,19H,7-12H2,1-4H3,(H,23,25). The number of rotatable bonds is 6. The number of benzene rings is 1. The Labute approximate surface area is 162 Å². The number of piperidine rings is 1. The molecule has 1 heterocycles. The number of carbonyl (C=O) groups excluding carboxylic acids is 2. The smallest absolute Gasteiger partial charge is 0.263 e. The zero-order valence-electron chi connectivity index (χ0n) is 17.0. The molecule has 0 bridgehead atoms. The molecule has 2 aliphatic rings. The summed E-state index contributed by atoms with van der Waals surface area (Å²) >= 11 is 0. The van der Waals surface area contributed by atoms with Gasteiger partial charge in [-0.05, 0) is 62.6 Å². The fourth-order valence-corrected chi connectivity index (χ4v) is 3.51. The van der Waals surface area contributed by atoms with E-state index in [0.717, 1.165) is 37.0 Å². The highest BCUT2D eigenvalue weighted by Crippen LogP contribution is 2.26. The van der Waals surface area contributed by atoms with Gasteiger partial charge in [-0.15, -0.1) is 0 Å². The van der Waals surface area contributed by atoms with Gasteiger partial charge in [0.25, 0.3) is 5.91 Å². The minimum absolute atomic E-state index is 0.00500. The van der Waals surface area contributed by atoms with Crippen LogP contribution in [0.5, 0.6) is 5.75 Å². The number of likely N-dealkylation sites (tertiary alicyclic amines) is 1. The van der Waals surface area contributed by atoms with E-state index in [0.29, 0.717) is 25.0 Å². The van der Waals surface area contributed by atoms with E-state index in [-0.39, 0.29) is 17.7 Å². The molecular weight excluding hydrogens is 340 g/mol. The van der Waals surface area contributed by atoms with Gasteiger partial charge in [-0.25, -0.2) is 0 Å². The monoisotopic (exact) mass is 372 g/mol. The van der Waals surface area contributed by atoms with Gasteiger partial charge in [0.1, 0.15) is 5.75 Å². The predicted octanol–water partition coefficient (Wildman–Crippen LogP) is 3.40. The van der Waals surface area contributed by atoms with Crippen LogP contribution in [0.4, 0.5) is 0 Å².